The van der Waals surface area contributed by atoms with Gasteiger partial charge >= 0.3 is 0 Å². The first kappa shape index (κ1) is 15.5. The second kappa shape index (κ2) is 7.15. The number of nitrogens with two attached hydrogens (primary N) is 1. The Morgan fingerprint density at radius 2 is 2.16 bits per heavy atom. The lowest BCUT2D eigenvalue weighted by molar-refractivity contribution is -0.127. The number of carbonyl (C=O) groups excluding carboxylic acids is 1. The highest BCUT2D eigenvalue weighted by Crippen LogP contribution is 2.19. The molecule has 0 unspecified atom stereocenters. The second-order valence-corrected chi connectivity index (χ2v) is 4.82. The number of nitrogens with one attached hydrogen (secondary N) is 1. The minimum Gasteiger partial charge on any atom is -0.347 e. The van der Waals surface area contributed by atoms with Crippen LogP contribution >= 0.6 is 11.8 Å². The van der Waals surface area contributed by atoms with E-state index in [9.17, 15) is 4.79 Å². The highest BCUT2D eigenvalue weighted by molar-refractivity contribution is 7.98. The van der Waals surface area contributed by atoms with Gasteiger partial charge in [-0.2, -0.15) is 0 Å². The van der Waals surface area contributed by atoms with Crippen LogP contribution in [0, 0.1) is 0 Å². The fraction of sp³-hybridized carbons (Fsp3) is 0.545. The first-order valence-electron chi connectivity index (χ1n) is 5.86. The van der Waals surface area contributed by atoms with Gasteiger partial charge in [-0.3, -0.25) is 4.79 Å². The third-order valence-electron chi connectivity index (χ3n) is 2.55. The summed E-state index contributed by atoms with van der Waals surface area (Å²) in [4.78, 5) is 23.8. The van der Waals surface area contributed by atoms with Crippen molar-refractivity contribution in [3.05, 3.63) is 6.07 Å². The molecule has 1 aromatic heterocycles. The average molecular weight is 284 g/mol. The van der Waals surface area contributed by atoms with Crippen molar-refractivity contribution in [2.24, 2.45) is 5.84 Å². The van der Waals surface area contributed by atoms with Gasteiger partial charge < -0.3 is 15.2 Å². The molecule has 7 nitrogen and oxygen atoms in total. The molecule has 0 saturated carbocycles. The number of aromatic nitrogens is 2. The predicted molar refractivity (Wildman–Crippen MR) is 78.2 cm³/mol. The number of amides is 1. The van der Waals surface area contributed by atoms with E-state index in [1.807, 2.05) is 18.1 Å². The van der Waals surface area contributed by atoms with Crippen molar-refractivity contribution < 1.29 is 4.79 Å². The van der Waals surface area contributed by atoms with Crippen molar-refractivity contribution in [1.82, 2.24) is 14.9 Å². The Morgan fingerprint density at radius 1 is 1.47 bits per heavy atom. The summed E-state index contributed by atoms with van der Waals surface area (Å²) in [6.07, 6.45) is 1.89. The van der Waals surface area contributed by atoms with Gasteiger partial charge in [0.1, 0.15) is 11.6 Å². The Bertz CT molecular complexity index is 417. The Morgan fingerprint density at radius 3 is 2.63 bits per heavy atom. The molecule has 0 aromatic carbocycles. The smallest absolute Gasteiger partial charge is 0.241 e. The largest absolute Gasteiger partial charge is 0.347 e. The molecule has 0 spiro atoms. The number of carbonyl (C=O) groups is 1. The predicted octanol–water partition coefficient (Wildman–Crippen LogP) is 0.399. The molecule has 8 heteroatoms. The summed E-state index contributed by atoms with van der Waals surface area (Å²) >= 11 is 1.43. The summed E-state index contributed by atoms with van der Waals surface area (Å²) in [7, 11) is 3.46. The zero-order valence-corrected chi connectivity index (χ0v) is 12.5. The maximum atomic E-state index is 11.8. The minimum absolute atomic E-state index is 0.0217. The average Bonchev–Trinajstić information content (AvgIpc) is 2.43. The number of hydrogen-bond acceptors (Lipinski definition) is 7. The van der Waals surface area contributed by atoms with Crippen LogP contribution in [0.15, 0.2) is 11.2 Å². The van der Waals surface area contributed by atoms with Gasteiger partial charge in [-0.15, -0.1) is 0 Å². The van der Waals surface area contributed by atoms with Crippen LogP contribution in [0.25, 0.3) is 0 Å². The molecule has 0 atom stereocenters. The number of rotatable bonds is 6. The summed E-state index contributed by atoms with van der Waals surface area (Å²) in [5.41, 5.74) is 2.51. The van der Waals surface area contributed by atoms with Gasteiger partial charge in [-0.1, -0.05) is 11.8 Å². The minimum atomic E-state index is 0.0217. The molecule has 106 valence electrons. The maximum absolute atomic E-state index is 11.8. The Labute approximate surface area is 117 Å². The van der Waals surface area contributed by atoms with Crippen LogP contribution in [-0.2, 0) is 4.79 Å². The molecule has 0 radical (unpaired) electrons. The molecule has 1 heterocycles. The molecule has 3 N–H and O–H groups in total. The van der Waals surface area contributed by atoms with E-state index in [-0.39, 0.29) is 12.5 Å². The summed E-state index contributed by atoms with van der Waals surface area (Å²) in [6, 6.07) is 1.73. The summed E-state index contributed by atoms with van der Waals surface area (Å²) in [5, 5.41) is 0.612. The summed E-state index contributed by atoms with van der Waals surface area (Å²) in [5.74, 6) is 6.63. The Hall–Kier alpha value is -1.54. The lowest BCUT2D eigenvalue weighted by Gasteiger charge is -2.23. The van der Waals surface area contributed by atoms with E-state index in [1.165, 1.54) is 11.8 Å². The van der Waals surface area contributed by atoms with Crippen molar-refractivity contribution in [2.75, 3.05) is 43.8 Å². The standard InChI is InChI=1S/C11H20N6OS/c1-5-17(7-10(18)16(2)3)9-6-8(15-12)13-11(14-9)19-4/h6H,5,7,12H2,1-4H3,(H,13,14,15). The topological polar surface area (TPSA) is 87.4 Å². The van der Waals surface area contributed by atoms with E-state index in [2.05, 4.69) is 15.4 Å². The van der Waals surface area contributed by atoms with Crippen LogP contribution in [0.3, 0.4) is 0 Å². The fourth-order valence-corrected chi connectivity index (χ4v) is 1.77. The second-order valence-electron chi connectivity index (χ2n) is 4.04. The van der Waals surface area contributed by atoms with Crippen LogP contribution in [-0.4, -0.2) is 54.2 Å². The van der Waals surface area contributed by atoms with Gasteiger partial charge in [0.05, 0.1) is 6.54 Å². The van der Waals surface area contributed by atoms with Gasteiger partial charge in [0, 0.05) is 26.7 Å². The van der Waals surface area contributed by atoms with E-state index in [1.54, 1.807) is 25.1 Å². The van der Waals surface area contributed by atoms with Crippen molar-refractivity contribution in [3.63, 3.8) is 0 Å². The molecule has 0 saturated heterocycles. The third-order valence-corrected chi connectivity index (χ3v) is 3.10. The molecule has 0 aliphatic carbocycles. The van der Waals surface area contributed by atoms with Crippen LogP contribution < -0.4 is 16.2 Å². The molecule has 0 aliphatic rings. The van der Waals surface area contributed by atoms with Crippen molar-refractivity contribution >= 4 is 29.3 Å². The maximum Gasteiger partial charge on any atom is 0.241 e. The number of nitrogen functional groups attached to an aromatic ring is 1. The highest BCUT2D eigenvalue weighted by Gasteiger charge is 2.14. The van der Waals surface area contributed by atoms with E-state index in [0.29, 0.717) is 23.3 Å². The van der Waals surface area contributed by atoms with E-state index in [4.69, 9.17) is 5.84 Å². The summed E-state index contributed by atoms with van der Waals surface area (Å²) in [6.45, 7) is 2.92. The van der Waals surface area contributed by atoms with Gasteiger partial charge in [0.25, 0.3) is 0 Å². The number of anilines is 2. The monoisotopic (exact) mass is 284 g/mol. The van der Waals surface area contributed by atoms with Crippen molar-refractivity contribution in [2.45, 2.75) is 12.1 Å². The fourth-order valence-electron chi connectivity index (χ4n) is 1.40. The SMILES string of the molecule is CCN(CC(=O)N(C)C)c1cc(NN)nc(SC)n1. The quantitative estimate of drug-likeness (QED) is 0.338. The van der Waals surface area contributed by atoms with Crippen LogP contribution in [0.2, 0.25) is 0 Å². The zero-order valence-electron chi connectivity index (χ0n) is 11.7. The molecule has 1 amide bonds. The Kier molecular flexibility index (Phi) is 5.84. The molecule has 1 aromatic rings. The first-order valence-corrected chi connectivity index (χ1v) is 7.09. The highest BCUT2D eigenvalue weighted by atomic mass is 32.2. The van der Waals surface area contributed by atoms with E-state index < -0.39 is 0 Å². The van der Waals surface area contributed by atoms with Gasteiger partial charge in [0.2, 0.25) is 5.91 Å². The number of hydrazine groups is 1. The van der Waals surface area contributed by atoms with Gasteiger partial charge in [-0.25, -0.2) is 15.8 Å². The number of nitrogens with zero attached hydrogens (tertiary/aromatic N) is 4. The molecule has 19 heavy (non-hydrogen) atoms. The molecular weight excluding hydrogens is 264 g/mol. The van der Waals surface area contributed by atoms with E-state index >= 15 is 0 Å². The zero-order chi connectivity index (χ0) is 14.4. The van der Waals surface area contributed by atoms with E-state index in [0.717, 1.165) is 0 Å². The lowest BCUT2D eigenvalue weighted by Crippen LogP contribution is -2.37. The van der Waals surface area contributed by atoms with Gasteiger partial charge in [-0.05, 0) is 13.2 Å². The van der Waals surface area contributed by atoms with Crippen molar-refractivity contribution in [3.8, 4) is 0 Å². The van der Waals surface area contributed by atoms with Crippen LogP contribution in [0.4, 0.5) is 11.6 Å². The number of thioether (sulfide) groups is 1. The Balaban J connectivity index is 3.00. The molecule has 0 bridgehead atoms. The molecular formula is C11H20N6OS. The van der Waals surface area contributed by atoms with Gasteiger partial charge in [0.15, 0.2) is 5.16 Å². The first-order chi connectivity index (χ1) is 9.01. The van der Waals surface area contributed by atoms with Crippen LogP contribution in [0.5, 0.6) is 0 Å². The van der Waals surface area contributed by atoms with Crippen molar-refractivity contribution in [1.29, 1.82) is 0 Å². The number of hydrogen-bond donors (Lipinski definition) is 2. The third kappa shape index (κ3) is 4.25. The normalized spacial score (nSPS) is 10.2. The molecule has 0 aliphatic heterocycles. The lowest BCUT2D eigenvalue weighted by atomic mass is 10.4. The van der Waals surface area contributed by atoms with Crippen LogP contribution in [0.1, 0.15) is 6.92 Å². The molecule has 0 fully saturated rings. The number of likely N-dealkylation sites (N-methyl/N-ethyl adjacent to an activating group) is 2. The molecule has 1 rings (SSSR count). The summed E-state index contributed by atoms with van der Waals surface area (Å²) < 4.78 is 0.